The lowest BCUT2D eigenvalue weighted by Crippen LogP contribution is -2.50. The van der Waals surface area contributed by atoms with Crippen LogP contribution in [-0.2, 0) is 10.2 Å². The van der Waals surface area contributed by atoms with Crippen LogP contribution in [-0.4, -0.2) is 45.9 Å². The molecule has 112 valence electrons. The van der Waals surface area contributed by atoms with Gasteiger partial charge < -0.3 is 5.32 Å². The summed E-state index contributed by atoms with van der Waals surface area (Å²) in [7, 11) is -1.50. The Balaban J connectivity index is 2.17. The van der Waals surface area contributed by atoms with Crippen LogP contribution in [0.2, 0.25) is 0 Å². The summed E-state index contributed by atoms with van der Waals surface area (Å²) in [5.74, 6) is 0. The molecule has 0 amide bonds. The number of benzene rings is 1. The molecule has 0 saturated carbocycles. The fraction of sp³-hybridized carbons (Fsp3) is 0.571. The summed E-state index contributed by atoms with van der Waals surface area (Å²) in [6, 6.07) is 7.67. The van der Waals surface area contributed by atoms with E-state index in [9.17, 15) is 8.42 Å². The molecule has 1 aromatic rings. The summed E-state index contributed by atoms with van der Waals surface area (Å²) in [6.07, 6.45) is 1.70. The van der Waals surface area contributed by atoms with Gasteiger partial charge in [0.1, 0.15) is 0 Å². The summed E-state index contributed by atoms with van der Waals surface area (Å²) < 4.78 is 28.4. The quantitative estimate of drug-likeness (QED) is 0.835. The van der Waals surface area contributed by atoms with Crippen molar-refractivity contribution in [1.29, 1.82) is 0 Å². The Labute approximate surface area is 121 Å². The molecule has 2 rings (SSSR count). The molecule has 1 saturated heterocycles. The fourth-order valence-corrected chi connectivity index (χ4v) is 4.20. The minimum Gasteiger partial charge on any atom is -0.320 e. The third-order valence-corrected chi connectivity index (χ3v) is 5.47. The van der Waals surface area contributed by atoms with Crippen LogP contribution in [0.5, 0.6) is 0 Å². The average molecular weight is 297 g/mol. The molecule has 1 aliphatic heterocycles. The van der Waals surface area contributed by atoms with Crippen molar-refractivity contribution < 1.29 is 8.42 Å². The van der Waals surface area contributed by atoms with Gasteiger partial charge in [-0.2, -0.15) is 12.7 Å². The molecular weight excluding hydrogens is 274 g/mol. The van der Waals surface area contributed by atoms with Crippen molar-refractivity contribution in [1.82, 2.24) is 9.62 Å². The first-order chi connectivity index (χ1) is 9.55. The minimum atomic E-state index is -3.38. The Kier molecular flexibility index (Phi) is 5.01. The monoisotopic (exact) mass is 297 g/mol. The van der Waals surface area contributed by atoms with E-state index in [1.807, 2.05) is 38.2 Å². The molecule has 1 fully saturated rings. The normalized spacial score (nSPS) is 19.2. The molecule has 1 N–H and O–H groups in total. The minimum absolute atomic E-state index is 0.564. The Bertz CT molecular complexity index is 545. The fourth-order valence-electron chi connectivity index (χ4n) is 2.47. The lowest BCUT2D eigenvalue weighted by Gasteiger charge is -2.36. The van der Waals surface area contributed by atoms with Crippen molar-refractivity contribution in [2.75, 3.05) is 37.5 Å². The van der Waals surface area contributed by atoms with E-state index < -0.39 is 10.2 Å². The summed E-state index contributed by atoms with van der Waals surface area (Å²) in [5, 5.41) is 3.05. The zero-order valence-electron chi connectivity index (χ0n) is 12.2. The maximum atomic E-state index is 12.7. The predicted molar refractivity (Wildman–Crippen MR) is 82.2 cm³/mol. The SMILES string of the molecule is CNCCCN1CCCN(c2cccc(C)c2)S1(=O)=O. The first-order valence-corrected chi connectivity index (χ1v) is 8.44. The van der Waals surface area contributed by atoms with Gasteiger partial charge in [0, 0.05) is 19.6 Å². The molecule has 0 bridgehead atoms. The average Bonchev–Trinajstić information content (AvgIpc) is 2.40. The Morgan fingerprint density at radius 2 is 2.10 bits per heavy atom. The molecule has 0 atom stereocenters. The second kappa shape index (κ2) is 6.56. The first-order valence-electron chi connectivity index (χ1n) is 7.05. The van der Waals surface area contributed by atoms with Gasteiger partial charge in [0.2, 0.25) is 0 Å². The van der Waals surface area contributed by atoms with Gasteiger partial charge in [0.15, 0.2) is 0 Å². The zero-order chi connectivity index (χ0) is 14.6. The van der Waals surface area contributed by atoms with Crippen molar-refractivity contribution >= 4 is 15.9 Å². The number of rotatable bonds is 5. The van der Waals surface area contributed by atoms with Gasteiger partial charge in [-0.1, -0.05) is 12.1 Å². The van der Waals surface area contributed by atoms with Crippen LogP contribution in [0.1, 0.15) is 18.4 Å². The highest BCUT2D eigenvalue weighted by Gasteiger charge is 2.33. The van der Waals surface area contributed by atoms with Crippen molar-refractivity contribution in [2.45, 2.75) is 19.8 Å². The molecule has 1 heterocycles. The van der Waals surface area contributed by atoms with Crippen LogP contribution in [0.4, 0.5) is 5.69 Å². The number of nitrogens with zero attached hydrogens (tertiary/aromatic N) is 2. The lowest BCUT2D eigenvalue weighted by molar-refractivity contribution is 0.379. The molecule has 0 unspecified atom stereocenters. The van der Waals surface area contributed by atoms with Crippen molar-refractivity contribution in [3.63, 3.8) is 0 Å². The highest BCUT2D eigenvalue weighted by atomic mass is 32.2. The lowest BCUT2D eigenvalue weighted by atomic mass is 10.2. The van der Waals surface area contributed by atoms with Crippen LogP contribution in [0, 0.1) is 6.92 Å². The number of hydrogen-bond donors (Lipinski definition) is 1. The molecule has 0 radical (unpaired) electrons. The van der Waals surface area contributed by atoms with Crippen molar-refractivity contribution in [3.05, 3.63) is 29.8 Å². The standard InChI is InChI=1S/C14H23N3O2S/c1-13-6-3-7-14(12-13)17-11-5-10-16(20(17,18)19)9-4-8-15-2/h3,6-7,12,15H,4-5,8-11H2,1-2H3. The van der Waals surface area contributed by atoms with Gasteiger partial charge in [0.25, 0.3) is 0 Å². The van der Waals surface area contributed by atoms with E-state index in [0.717, 1.165) is 30.6 Å². The van der Waals surface area contributed by atoms with Crippen LogP contribution in [0.15, 0.2) is 24.3 Å². The van der Waals surface area contributed by atoms with Gasteiger partial charge in [-0.25, -0.2) is 0 Å². The Morgan fingerprint density at radius 3 is 2.80 bits per heavy atom. The Morgan fingerprint density at radius 1 is 1.30 bits per heavy atom. The summed E-state index contributed by atoms with van der Waals surface area (Å²) in [5.41, 5.74) is 1.84. The predicted octanol–water partition coefficient (Wildman–Crippen LogP) is 1.36. The van der Waals surface area contributed by atoms with Crippen LogP contribution in [0.25, 0.3) is 0 Å². The molecule has 0 spiro atoms. The third-order valence-electron chi connectivity index (χ3n) is 3.50. The molecule has 20 heavy (non-hydrogen) atoms. The molecular formula is C14H23N3O2S. The number of nitrogens with one attached hydrogen (secondary N) is 1. The van der Waals surface area contributed by atoms with Crippen LogP contribution in [0.3, 0.4) is 0 Å². The second-order valence-electron chi connectivity index (χ2n) is 5.13. The van der Waals surface area contributed by atoms with E-state index >= 15 is 0 Å². The molecule has 1 aromatic carbocycles. The van der Waals surface area contributed by atoms with E-state index in [2.05, 4.69) is 5.32 Å². The van der Waals surface area contributed by atoms with E-state index in [-0.39, 0.29) is 0 Å². The zero-order valence-corrected chi connectivity index (χ0v) is 13.0. The largest absolute Gasteiger partial charge is 0.320 e. The number of hydrogen-bond acceptors (Lipinski definition) is 3. The molecule has 0 aliphatic carbocycles. The van der Waals surface area contributed by atoms with Crippen LogP contribution < -0.4 is 9.62 Å². The maximum Gasteiger partial charge on any atom is 0.304 e. The topological polar surface area (TPSA) is 52.6 Å². The summed E-state index contributed by atoms with van der Waals surface area (Å²) >= 11 is 0. The van der Waals surface area contributed by atoms with Gasteiger partial charge in [0.05, 0.1) is 5.69 Å². The summed E-state index contributed by atoms with van der Waals surface area (Å²) in [6.45, 7) is 4.56. The van der Waals surface area contributed by atoms with Gasteiger partial charge in [-0.3, -0.25) is 4.31 Å². The highest BCUT2D eigenvalue weighted by molar-refractivity contribution is 7.90. The van der Waals surface area contributed by atoms with E-state index in [1.165, 1.54) is 4.31 Å². The van der Waals surface area contributed by atoms with E-state index in [1.54, 1.807) is 4.31 Å². The van der Waals surface area contributed by atoms with Gasteiger partial charge in [-0.05, 0) is 51.1 Å². The molecule has 5 nitrogen and oxygen atoms in total. The maximum absolute atomic E-state index is 12.7. The molecule has 1 aliphatic rings. The third kappa shape index (κ3) is 3.31. The molecule has 0 aromatic heterocycles. The number of aryl methyl sites for hydroxylation is 1. The molecule has 6 heteroatoms. The van der Waals surface area contributed by atoms with Gasteiger partial charge in [-0.15, -0.1) is 0 Å². The highest BCUT2D eigenvalue weighted by Crippen LogP contribution is 2.25. The van der Waals surface area contributed by atoms with E-state index in [0.29, 0.717) is 19.6 Å². The number of anilines is 1. The van der Waals surface area contributed by atoms with Crippen molar-refractivity contribution in [3.8, 4) is 0 Å². The van der Waals surface area contributed by atoms with E-state index in [4.69, 9.17) is 0 Å². The van der Waals surface area contributed by atoms with Crippen molar-refractivity contribution in [2.24, 2.45) is 0 Å². The van der Waals surface area contributed by atoms with Crippen LogP contribution >= 0.6 is 0 Å². The first kappa shape index (κ1) is 15.3. The Hall–Kier alpha value is -1.11. The second-order valence-corrected chi connectivity index (χ2v) is 6.98. The van der Waals surface area contributed by atoms with Gasteiger partial charge >= 0.3 is 10.2 Å². The summed E-state index contributed by atoms with van der Waals surface area (Å²) in [4.78, 5) is 0. The smallest absolute Gasteiger partial charge is 0.304 e.